The number of halogens is 1. The first-order chi connectivity index (χ1) is 9.08. The van der Waals surface area contributed by atoms with Crippen molar-refractivity contribution in [1.29, 1.82) is 5.41 Å². The summed E-state index contributed by atoms with van der Waals surface area (Å²) in [6, 6.07) is 7.54. The summed E-state index contributed by atoms with van der Waals surface area (Å²) >= 11 is 6.15. The van der Waals surface area contributed by atoms with Crippen LogP contribution in [-0.2, 0) is 12.8 Å². The van der Waals surface area contributed by atoms with Gasteiger partial charge in [0.2, 0.25) is 0 Å². The van der Waals surface area contributed by atoms with Gasteiger partial charge < -0.3 is 5.73 Å². The van der Waals surface area contributed by atoms with E-state index in [-0.39, 0.29) is 5.84 Å². The van der Waals surface area contributed by atoms with Crippen LogP contribution in [-0.4, -0.2) is 15.6 Å². The van der Waals surface area contributed by atoms with Crippen LogP contribution in [0, 0.1) is 5.41 Å². The van der Waals surface area contributed by atoms with Gasteiger partial charge in [-0.1, -0.05) is 31.5 Å². The van der Waals surface area contributed by atoms with Gasteiger partial charge in [0, 0.05) is 5.69 Å². The molecular formula is C14H17ClN4. The lowest BCUT2D eigenvalue weighted by atomic mass is 10.1. The van der Waals surface area contributed by atoms with Gasteiger partial charge in [0.15, 0.2) is 0 Å². The Kier molecular flexibility index (Phi) is 3.90. The van der Waals surface area contributed by atoms with E-state index in [4.69, 9.17) is 22.7 Å². The number of hydrogen-bond acceptors (Lipinski definition) is 2. The fraction of sp³-hybridized carbons (Fsp3) is 0.286. The molecule has 0 atom stereocenters. The van der Waals surface area contributed by atoms with Gasteiger partial charge >= 0.3 is 0 Å². The van der Waals surface area contributed by atoms with Crippen LogP contribution in [0.1, 0.15) is 30.8 Å². The average molecular weight is 277 g/mol. The van der Waals surface area contributed by atoms with Gasteiger partial charge in [-0.15, -0.1) is 0 Å². The highest BCUT2D eigenvalue weighted by molar-refractivity contribution is 6.34. The molecule has 1 aromatic carbocycles. The molecule has 1 aromatic heterocycles. The predicted molar refractivity (Wildman–Crippen MR) is 78.3 cm³/mol. The molecule has 3 N–H and O–H groups in total. The van der Waals surface area contributed by atoms with E-state index in [0.717, 1.165) is 29.9 Å². The minimum absolute atomic E-state index is 0.0452. The van der Waals surface area contributed by atoms with Crippen LogP contribution in [0.25, 0.3) is 5.69 Å². The third kappa shape index (κ3) is 2.49. The number of amidine groups is 1. The Morgan fingerprint density at radius 1 is 1.37 bits per heavy atom. The van der Waals surface area contributed by atoms with Crippen LogP contribution < -0.4 is 5.73 Å². The summed E-state index contributed by atoms with van der Waals surface area (Å²) in [6.07, 6.45) is 1.73. The van der Waals surface area contributed by atoms with Gasteiger partial charge in [-0.05, 0) is 31.0 Å². The number of benzene rings is 1. The molecule has 0 aliphatic heterocycles. The lowest BCUT2D eigenvalue weighted by Gasteiger charge is -2.12. The second kappa shape index (κ2) is 5.45. The summed E-state index contributed by atoms with van der Waals surface area (Å²) in [4.78, 5) is 0. The number of aromatic nitrogens is 2. The Morgan fingerprint density at radius 3 is 2.68 bits per heavy atom. The highest BCUT2D eigenvalue weighted by Gasteiger charge is 2.15. The topological polar surface area (TPSA) is 67.7 Å². The normalized spacial score (nSPS) is 10.7. The standard InChI is InChI=1S/C14H17ClN4/c1-3-9-8-10(4-2)19(18-9)12-7-5-6-11(15)13(12)14(16)17/h5-8H,3-4H2,1-2H3,(H3,16,17). The van der Waals surface area contributed by atoms with Crippen molar-refractivity contribution < 1.29 is 0 Å². The molecule has 4 nitrogen and oxygen atoms in total. The zero-order chi connectivity index (χ0) is 14.0. The van der Waals surface area contributed by atoms with Crippen molar-refractivity contribution in [3.05, 3.63) is 46.2 Å². The van der Waals surface area contributed by atoms with Gasteiger partial charge in [0.1, 0.15) is 5.84 Å². The Labute approximate surface area is 117 Å². The van der Waals surface area contributed by atoms with Gasteiger partial charge in [-0.2, -0.15) is 5.10 Å². The fourth-order valence-corrected chi connectivity index (χ4v) is 2.34. The van der Waals surface area contributed by atoms with E-state index >= 15 is 0 Å². The van der Waals surface area contributed by atoms with E-state index < -0.39 is 0 Å². The summed E-state index contributed by atoms with van der Waals surface area (Å²) in [5, 5.41) is 12.7. The quantitative estimate of drug-likeness (QED) is 0.666. The molecule has 0 bridgehead atoms. The number of rotatable bonds is 4. The Hall–Kier alpha value is -1.81. The van der Waals surface area contributed by atoms with E-state index in [9.17, 15) is 0 Å². The monoisotopic (exact) mass is 276 g/mol. The Balaban J connectivity index is 2.68. The number of nitrogens with zero attached hydrogens (tertiary/aromatic N) is 2. The Morgan fingerprint density at radius 2 is 2.11 bits per heavy atom. The first-order valence-corrected chi connectivity index (χ1v) is 6.67. The maximum atomic E-state index is 7.70. The largest absolute Gasteiger partial charge is 0.384 e. The second-order valence-corrected chi connectivity index (χ2v) is 4.70. The molecule has 2 rings (SSSR count). The number of nitrogens with two attached hydrogens (primary N) is 1. The summed E-state index contributed by atoms with van der Waals surface area (Å²) in [7, 11) is 0. The molecule has 0 aliphatic rings. The van der Waals surface area contributed by atoms with Gasteiger partial charge in [0.25, 0.3) is 0 Å². The molecule has 0 radical (unpaired) electrons. The van der Waals surface area contributed by atoms with Crippen LogP contribution >= 0.6 is 11.6 Å². The zero-order valence-electron chi connectivity index (χ0n) is 11.1. The van der Waals surface area contributed by atoms with E-state index in [1.807, 2.05) is 16.8 Å². The highest BCUT2D eigenvalue weighted by atomic mass is 35.5. The predicted octanol–water partition coefficient (Wildman–Crippen LogP) is 2.93. The molecule has 2 aromatic rings. The molecule has 19 heavy (non-hydrogen) atoms. The molecule has 0 saturated heterocycles. The number of nitrogens with one attached hydrogen (secondary N) is 1. The smallest absolute Gasteiger partial charge is 0.126 e. The first-order valence-electron chi connectivity index (χ1n) is 6.29. The van der Waals surface area contributed by atoms with E-state index in [1.165, 1.54) is 0 Å². The minimum atomic E-state index is -0.0452. The third-order valence-corrected chi connectivity index (χ3v) is 3.36. The second-order valence-electron chi connectivity index (χ2n) is 4.29. The molecule has 100 valence electrons. The summed E-state index contributed by atoms with van der Waals surface area (Å²) < 4.78 is 1.83. The van der Waals surface area contributed by atoms with Crippen LogP contribution in [0.5, 0.6) is 0 Å². The molecule has 0 aliphatic carbocycles. The Bertz CT molecular complexity index is 616. The number of hydrogen-bond donors (Lipinski definition) is 2. The molecule has 1 heterocycles. The first kappa shape index (κ1) is 13.6. The summed E-state index contributed by atoms with van der Waals surface area (Å²) in [5.41, 5.74) is 9.04. The van der Waals surface area contributed by atoms with Crippen molar-refractivity contribution in [3.8, 4) is 5.69 Å². The molecule has 0 unspecified atom stereocenters. The average Bonchev–Trinajstić information content (AvgIpc) is 2.81. The molecular weight excluding hydrogens is 260 g/mol. The number of nitrogen functional groups attached to an aromatic ring is 1. The fourth-order valence-electron chi connectivity index (χ4n) is 2.06. The third-order valence-electron chi connectivity index (χ3n) is 3.05. The van der Waals surface area contributed by atoms with E-state index in [0.29, 0.717) is 10.6 Å². The lowest BCUT2D eigenvalue weighted by Crippen LogP contribution is -2.16. The molecule has 0 saturated carbocycles. The molecule has 0 spiro atoms. The SMILES string of the molecule is CCc1cc(CC)n(-c2cccc(Cl)c2C(=N)N)n1. The van der Waals surface area contributed by atoms with Crippen molar-refractivity contribution in [2.45, 2.75) is 26.7 Å². The van der Waals surface area contributed by atoms with Gasteiger partial charge in [0.05, 0.1) is 22.0 Å². The molecule has 0 fully saturated rings. The molecule has 5 heteroatoms. The van der Waals surface area contributed by atoms with Crippen molar-refractivity contribution in [2.24, 2.45) is 5.73 Å². The van der Waals surface area contributed by atoms with Crippen LogP contribution in [0.4, 0.5) is 0 Å². The van der Waals surface area contributed by atoms with Crippen LogP contribution in [0.2, 0.25) is 5.02 Å². The zero-order valence-corrected chi connectivity index (χ0v) is 11.8. The lowest BCUT2D eigenvalue weighted by molar-refractivity contribution is 0.792. The van der Waals surface area contributed by atoms with Gasteiger partial charge in [-0.3, -0.25) is 5.41 Å². The maximum Gasteiger partial charge on any atom is 0.126 e. The minimum Gasteiger partial charge on any atom is -0.384 e. The van der Waals surface area contributed by atoms with Crippen LogP contribution in [0.3, 0.4) is 0 Å². The van der Waals surface area contributed by atoms with E-state index in [1.54, 1.807) is 6.07 Å². The van der Waals surface area contributed by atoms with Crippen molar-refractivity contribution in [2.75, 3.05) is 0 Å². The number of aryl methyl sites for hydroxylation is 2. The van der Waals surface area contributed by atoms with Crippen molar-refractivity contribution in [3.63, 3.8) is 0 Å². The van der Waals surface area contributed by atoms with E-state index in [2.05, 4.69) is 25.0 Å². The maximum absolute atomic E-state index is 7.70. The summed E-state index contributed by atoms with van der Waals surface area (Å²) in [5.74, 6) is -0.0452. The van der Waals surface area contributed by atoms with Crippen LogP contribution in [0.15, 0.2) is 24.3 Å². The van der Waals surface area contributed by atoms with Crippen molar-refractivity contribution >= 4 is 17.4 Å². The molecule has 0 amide bonds. The summed E-state index contributed by atoms with van der Waals surface area (Å²) in [6.45, 7) is 4.14. The highest BCUT2D eigenvalue weighted by Crippen LogP contribution is 2.24. The van der Waals surface area contributed by atoms with Gasteiger partial charge in [-0.25, -0.2) is 4.68 Å². The van der Waals surface area contributed by atoms with Crippen molar-refractivity contribution in [1.82, 2.24) is 9.78 Å².